The van der Waals surface area contributed by atoms with E-state index in [2.05, 4.69) is 24.3 Å². The predicted molar refractivity (Wildman–Crippen MR) is 66.2 cm³/mol. The van der Waals surface area contributed by atoms with Crippen LogP contribution in [0.2, 0.25) is 0 Å². The molecule has 0 unspecified atom stereocenters. The largest absolute Gasteiger partial charge is 0.166 e. The maximum Gasteiger partial charge on any atom is 0.166 e. The molecule has 1 aromatic carbocycles. The summed E-state index contributed by atoms with van der Waals surface area (Å²) in [4.78, 5) is 0. The van der Waals surface area contributed by atoms with Gasteiger partial charge in [0.25, 0.3) is 0 Å². The molecule has 0 nitrogen and oxygen atoms in total. The van der Waals surface area contributed by atoms with Crippen LogP contribution in [-0.4, -0.2) is 23.9 Å². The number of alkyl halides is 3. The molecule has 0 N–H and O–H groups in total. The second-order valence-electron chi connectivity index (χ2n) is 2.44. The SMILES string of the molecule is [SiH3]C(Cl)(Cl)Cl.[SiH3]c1ccccc1. The van der Waals surface area contributed by atoms with E-state index in [4.69, 9.17) is 34.8 Å². The van der Waals surface area contributed by atoms with Crippen LogP contribution >= 0.6 is 34.8 Å². The van der Waals surface area contributed by atoms with E-state index < -0.39 is 3.42 Å². The highest BCUT2D eigenvalue weighted by molar-refractivity contribution is 6.81. The molecule has 12 heavy (non-hydrogen) atoms. The fourth-order valence-corrected chi connectivity index (χ4v) is 0.919. The lowest BCUT2D eigenvalue weighted by atomic mass is 10.4. The minimum absolute atomic E-state index is 0.604. The van der Waals surface area contributed by atoms with Gasteiger partial charge in [-0.25, -0.2) is 0 Å². The Bertz CT molecular complexity index is 202. The second-order valence-corrected chi connectivity index (χ2v) is 9.84. The maximum atomic E-state index is 5.12. The molecule has 0 saturated heterocycles. The molecular formula is C7H11Cl3Si2. The molecule has 1 rings (SSSR count). The molecule has 0 aliphatic carbocycles. The topological polar surface area (TPSA) is 0 Å². The fourth-order valence-electron chi connectivity index (χ4n) is 0.534. The van der Waals surface area contributed by atoms with E-state index in [1.807, 2.05) is 6.07 Å². The first kappa shape index (κ1) is 12.5. The molecule has 0 aliphatic heterocycles. The normalized spacial score (nSPS) is 10.6. The summed E-state index contributed by atoms with van der Waals surface area (Å²) in [5, 5.41) is 1.46. The van der Waals surface area contributed by atoms with Crippen molar-refractivity contribution < 1.29 is 0 Å². The van der Waals surface area contributed by atoms with E-state index in [1.165, 1.54) is 15.4 Å². The highest BCUT2D eigenvalue weighted by Gasteiger charge is 2.06. The molecule has 1 aromatic rings. The van der Waals surface area contributed by atoms with Gasteiger partial charge in [0.15, 0.2) is 3.42 Å². The molecule has 0 aromatic heterocycles. The summed E-state index contributed by atoms with van der Waals surface area (Å²) in [5.41, 5.74) is 0. The molecule has 0 aliphatic rings. The van der Waals surface area contributed by atoms with Gasteiger partial charge in [-0.15, -0.1) is 0 Å². The van der Waals surface area contributed by atoms with Crippen molar-refractivity contribution in [2.75, 3.05) is 0 Å². The van der Waals surface area contributed by atoms with Crippen molar-refractivity contribution in [2.45, 2.75) is 3.42 Å². The molecule has 0 fully saturated rings. The average Bonchev–Trinajstić information content (AvgIpc) is 1.85. The Hall–Kier alpha value is 0.524. The Morgan fingerprint density at radius 1 is 1.00 bits per heavy atom. The third-order valence-electron chi connectivity index (χ3n) is 0.940. The Labute approximate surface area is 94.1 Å². The van der Waals surface area contributed by atoms with Crippen LogP contribution in [0.15, 0.2) is 30.3 Å². The van der Waals surface area contributed by atoms with E-state index in [-0.39, 0.29) is 0 Å². The summed E-state index contributed by atoms with van der Waals surface area (Å²) in [6.45, 7) is 0. The van der Waals surface area contributed by atoms with Crippen LogP contribution in [0.25, 0.3) is 0 Å². The molecule has 0 amide bonds. The summed E-state index contributed by atoms with van der Waals surface area (Å²) in [7, 11) is 1.78. The van der Waals surface area contributed by atoms with Crippen molar-refractivity contribution in [2.24, 2.45) is 0 Å². The van der Waals surface area contributed by atoms with Gasteiger partial charge in [-0.3, -0.25) is 0 Å². The standard InChI is InChI=1S/C6H8Si.CH3Cl3Si/c7-6-4-2-1-3-5-6;2-1(3,4)5/h1-5H,7H3;5H3. The minimum atomic E-state index is -0.944. The summed E-state index contributed by atoms with van der Waals surface area (Å²) >= 11 is 15.4. The fraction of sp³-hybridized carbons (Fsp3) is 0.143. The molecule has 68 valence electrons. The first-order valence-electron chi connectivity index (χ1n) is 3.48. The Balaban J connectivity index is 0.000000217. The van der Waals surface area contributed by atoms with Gasteiger partial charge in [-0.2, -0.15) is 0 Å². The number of hydrogen-bond donors (Lipinski definition) is 0. The molecule has 5 heteroatoms. The van der Waals surface area contributed by atoms with Crippen LogP contribution in [0, 0.1) is 0 Å². The molecule has 0 heterocycles. The van der Waals surface area contributed by atoms with E-state index >= 15 is 0 Å². The van der Waals surface area contributed by atoms with Crippen LogP contribution in [0.4, 0.5) is 0 Å². The lowest BCUT2D eigenvalue weighted by Crippen LogP contribution is -1.97. The second kappa shape index (κ2) is 6.05. The first-order chi connectivity index (χ1) is 5.39. The smallest absolute Gasteiger partial charge is 0.0894 e. The zero-order valence-corrected chi connectivity index (χ0v) is 13.3. The number of halogens is 3. The monoisotopic (exact) mass is 256 g/mol. The van der Waals surface area contributed by atoms with Gasteiger partial charge >= 0.3 is 0 Å². The van der Waals surface area contributed by atoms with Crippen LogP contribution in [0.5, 0.6) is 0 Å². The molecule has 0 spiro atoms. The number of benzene rings is 1. The quantitative estimate of drug-likeness (QED) is 0.465. The van der Waals surface area contributed by atoms with Gasteiger partial charge in [0, 0.05) is 10.2 Å². The van der Waals surface area contributed by atoms with E-state index in [9.17, 15) is 0 Å². The van der Waals surface area contributed by atoms with Crippen LogP contribution in [-0.2, 0) is 0 Å². The third kappa shape index (κ3) is 13.1. The van der Waals surface area contributed by atoms with Crippen molar-refractivity contribution in [1.82, 2.24) is 0 Å². The zero-order valence-electron chi connectivity index (χ0n) is 7.02. The minimum Gasteiger partial charge on any atom is -0.0894 e. The lowest BCUT2D eigenvalue weighted by molar-refractivity contribution is 1.75. The third-order valence-corrected chi connectivity index (χ3v) is 1.61. The molecule has 0 bridgehead atoms. The summed E-state index contributed by atoms with van der Waals surface area (Å²) in [6, 6.07) is 10.5. The number of rotatable bonds is 0. The van der Waals surface area contributed by atoms with Crippen molar-refractivity contribution in [3.63, 3.8) is 0 Å². The summed E-state index contributed by atoms with van der Waals surface area (Å²) in [6.07, 6.45) is 0. The summed E-state index contributed by atoms with van der Waals surface area (Å²) < 4.78 is -0.944. The van der Waals surface area contributed by atoms with Gasteiger partial charge in [-0.05, 0) is 0 Å². The van der Waals surface area contributed by atoms with Crippen LogP contribution in [0.3, 0.4) is 0 Å². The molecule has 0 radical (unpaired) electrons. The van der Waals surface area contributed by atoms with E-state index in [0.717, 1.165) is 0 Å². The molecular weight excluding hydrogens is 247 g/mol. The number of hydrogen-bond acceptors (Lipinski definition) is 0. The average molecular weight is 258 g/mol. The van der Waals surface area contributed by atoms with Gasteiger partial charge < -0.3 is 0 Å². The highest BCUT2D eigenvalue weighted by atomic mass is 35.6. The molecule has 0 atom stereocenters. The highest BCUT2D eigenvalue weighted by Crippen LogP contribution is 2.19. The van der Waals surface area contributed by atoms with Crippen molar-refractivity contribution in [3.8, 4) is 0 Å². The maximum absolute atomic E-state index is 5.12. The van der Waals surface area contributed by atoms with Crippen molar-refractivity contribution in [1.29, 1.82) is 0 Å². The zero-order chi connectivity index (χ0) is 9.61. The van der Waals surface area contributed by atoms with Crippen molar-refractivity contribution >= 4 is 60.5 Å². The van der Waals surface area contributed by atoms with Gasteiger partial charge in [0.05, 0.1) is 10.2 Å². The molecule has 0 saturated carbocycles. The predicted octanol–water partition coefficient (Wildman–Crippen LogP) is 0.357. The lowest BCUT2D eigenvalue weighted by Gasteiger charge is -1.94. The van der Waals surface area contributed by atoms with Gasteiger partial charge in [0.2, 0.25) is 0 Å². The first-order valence-corrected chi connectivity index (χ1v) is 6.61. The Kier molecular flexibility index (Phi) is 6.31. The summed E-state index contributed by atoms with van der Waals surface area (Å²) in [5.74, 6) is 0. The van der Waals surface area contributed by atoms with Crippen LogP contribution in [0.1, 0.15) is 0 Å². The van der Waals surface area contributed by atoms with Crippen molar-refractivity contribution in [3.05, 3.63) is 30.3 Å². The Morgan fingerprint density at radius 3 is 1.50 bits per heavy atom. The van der Waals surface area contributed by atoms with Crippen LogP contribution < -0.4 is 5.19 Å². The van der Waals surface area contributed by atoms with Gasteiger partial charge in [-0.1, -0.05) is 70.3 Å². The van der Waals surface area contributed by atoms with E-state index in [0.29, 0.717) is 10.2 Å². The Morgan fingerprint density at radius 2 is 1.33 bits per heavy atom. The van der Waals surface area contributed by atoms with Gasteiger partial charge in [0.1, 0.15) is 0 Å². The van der Waals surface area contributed by atoms with E-state index in [1.54, 1.807) is 0 Å².